The third-order valence-electron chi connectivity index (χ3n) is 4.93. The van der Waals surface area contributed by atoms with Crippen molar-refractivity contribution in [2.45, 2.75) is 51.6 Å². The highest BCUT2D eigenvalue weighted by molar-refractivity contribution is 5.72. The molecule has 0 N–H and O–H groups in total. The van der Waals surface area contributed by atoms with Gasteiger partial charge >= 0.3 is 5.97 Å². The summed E-state index contributed by atoms with van der Waals surface area (Å²) in [7, 11) is 0. The summed E-state index contributed by atoms with van der Waals surface area (Å²) in [4.78, 5) is 12.1. The first-order valence-electron chi connectivity index (χ1n) is 7.13. The normalized spacial score (nSPS) is 37.6. The number of carbonyl (C=O) groups excluding carboxylic acids is 1. The van der Waals surface area contributed by atoms with E-state index in [0.717, 1.165) is 18.8 Å². The van der Waals surface area contributed by atoms with Gasteiger partial charge in [0.15, 0.2) is 0 Å². The molecule has 3 aliphatic carbocycles. The monoisotopic (exact) mass is 234 g/mol. The molecule has 3 aliphatic rings. The Morgan fingerprint density at radius 3 is 2.59 bits per heavy atom. The molecular weight excluding hydrogens is 212 g/mol. The number of carbonyl (C=O) groups is 1. The van der Waals surface area contributed by atoms with E-state index in [1.165, 1.54) is 25.7 Å². The van der Waals surface area contributed by atoms with Gasteiger partial charge in [-0.15, -0.1) is 0 Å². The second kappa shape index (κ2) is 4.47. The standard InChI is InChI=1S/C15H22O2/c1-10(14-9-11-6-7-12(14)8-11)15(16)17-13-4-2-3-5-13/h6-7,10-14H,2-5,8-9H2,1H3. The molecule has 2 nitrogen and oxygen atoms in total. The first kappa shape index (κ1) is 11.3. The average Bonchev–Trinajstić information content (AvgIpc) is 3.04. The molecule has 0 heterocycles. The van der Waals surface area contributed by atoms with Gasteiger partial charge in [0.25, 0.3) is 0 Å². The van der Waals surface area contributed by atoms with Gasteiger partial charge in [0.1, 0.15) is 6.10 Å². The molecule has 2 heteroatoms. The zero-order valence-electron chi connectivity index (χ0n) is 10.6. The van der Waals surface area contributed by atoms with Gasteiger partial charge in [-0.05, 0) is 56.3 Å². The zero-order valence-corrected chi connectivity index (χ0v) is 10.6. The fourth-order valence-electron chi connectivity index (χ4n) is 3.85. The van der Waals surface area contributed by atoms with Gasteiger partial charge in [0.05, 0.1) is 5.92 Å². The van der Waals surface area contributed by atoms with Crippen LogP contribution in [0.5, 0.6) is 0 Å². The molecule has 2 fully saturated rings. The van der Waals surface area contributed by atoms with Crippen molar-refractivity contribution in [3.05, 3.63) is 12.2 Å². The third-order valence-corrected chi connectivity index (χ3v) is 4.93. The molecule has 2 bridgehead atoms. The van der Waals surface area contributed by atoms with Crippen molar-refractivity contribution in [2.75, 3.05) is 0 Å². The van der Waals surface area contributed by atoms with Gasteiger partial charge in [-0.25, -0.2) is 0 Å². The molecule has 0 aromatic heterocycles. The second-order valence-corrected chi connectivity index (χ2v) is 6.08. The molecule has 4 unspecified atom stereocenters. The second-order valence-electron chi connectivity index (χ2n) is 6.08. The topological polar surface area (TPSA) is 26.3 Å². The molecule has 0 aliphatic heterocycles. The van der Waals surface area contributed by atoms with E-state index in [-0.39, 0.29) is 18.0 Å². The van der Waals surface area contributed by atoms with Gasteiger partial charge in [-0.3, -0.25) is 4.79 Å². The lowest BCUT2D eigenvalue weighted by molar-refractivity contribution is -0.155. The van der Waals surface area contributed by atoms with Crippen LogP contribution in [0.1, 0.15) is 45.4 Å². The minimum atomic E-state index is 0.0582. The SMILES string of the molecule is CC(C(=O)OC1CCCC1)C1CC2C=CC1C2. The van der Waals surface area contributed by atoms with E-state index in [1.807, 2.05) is 0 Å². The molecule has 0 spiro atoms. The molecule has 4 atom stereocenters. The van der Waals surface area contributed by atoms with Crippen LogP contribution in [0, 0.1) is 23.7 Å². The van der Waals surface area contributed by atoms with Gasteiger partial charge in [-0.2, -0.15) is 0 Å². The van der Waals surface area contributed by atoms with Crippen LogP contribution in [0.3, 0.4) is 0 Å². The minimum Gasteiger partial charge on any atom is -0.462 e. The zero-order chi connectivity index (χ0) is 11.8. The average molecular weight is 234 g/mol. The Labute approximate surface area is 103 Å². The number of ether oxygens (including phenoxy) is 1. The largest absolute Gasteiger partial charge is 0.462 e. The minimum absolute atomic E-state index is 0.0582. The van der Waals surface area contributed by atoms with E-state index < -0.39 is 0 Å². The van der Waals surface area contributed by atoms with E-state index in [0.29, 0.717) is 11.8 Å². The third kappa shape index (κ3) is 2.14. The number of hydrogen-bond donors (Lipinski definition) is 0. The molecule has 94 valence electrons. The quantitative estimate of drug-likeness (QED) is 0.553. The molecule has 0 amide bonds. The van der Waals surface area contributed by atoms with E-state index in [9.17, 15) is 4.79 Å². The molecular formula is C15H22O2. The molecule has 3 rings (SSSR count). The summed E-state index contributed by atoms with van der Waals surface area (Å²) in [6.07, 6.45) is 11.9. The van der Waals surface area contributed by atoms with Crippen LogP contribution in [0.2, 0.25) is 0 Å². The van der Waals surface area contributed by atoms with Gasteiger partial charge in [0.2, 0.25) is 0 Å². The van der Waals surface area contributed by atoms with Crippen molar-refractivity contribution in [3.8, 4) is 0 Å². The Bertz CT molecular complexity index is 328. The Kier molecular flexibility index (Phi) is 2.97. The van der Waals surface area contributed by atoms with Gasteiger partial charge in [-0.1, -0.05) is 19.1 Å². The molecule has 0 aromatic rings. The van der Waals surface area contributed by atoms with E-state index >= 15 is 0 Å². The Morgan fingerprint density at radius 2 is 2.00 bits per heavy atom. The molecule has 17 heavy (non-hydrogen) atoms. The fraction of sp³-hybridized carbons (Fsp3) is 0.800. The maximum atomic E-state index is 12.1. The van der Waals surface area contributed by atoms with Crippen LogP contribution in [0.4, 0.5) is 0 Å². The number of hydrogen-bond acceptors (Lipinski definition) is 2. The summed E-state index contributed by atoms with van der Waals surface area (Å²) < 4.78 is 5.63. The lowest BCUT2D eigenvalue weighted by Gasteiger charge is -2.25. The molecule has 2 saturated carbocycles. The Balaban J connectivity index is 1.56. The number of allylic oxidation sites excluding steroid dienone is 2. The molecule has 0 saturated heterocycles. The maximum Gasteiger partial charge on any atom is 0.309 e. The van der Waals surface area contributed by atoms with Crippen LogP contribution in [0.15, 0.2) is 12.2 Å². The summed E-state index contributed by atoms with van der Waals surface area (Å²) >= 11 is 0. The van der Waals surface area contributed by atoms with Crippen LogP contribution in [0.25, 0.3) is 0 Å². The van der Waals surface area contributed by atoms with Crippen LogP contribution in [-0.4, -0.2) is 12.1 Å². The van der Waals surface area contributed by atoms with E-state index in [1.54, 1.807) is 0 Å². The number of esters is 1. The van der Waals surface area contributed by atoms with Gasteiger partial charge in [0, 0.05) is 0 Å². The number of rotatable bonds is 3. The lowest BCUT2D eigenvalue weighted by atomic mass is 9.83. The van der Waals surface area contributed by atoms with E-state index in [2.05, 4.69) is 19.1 Å². The highest BCUT2D eigenvalue weighted by Gasteiger charge is 2.41. The maximum absolute atomic E-state index is 12.1. The highest BCUT2D eigenvalue weighted by Crippen LogP contribution is 2.47. The first-order chi connectivity index (χ1) is 8.24. The summed E-state index contributed by atoms with van der Waals surface area (Å²) in [5, 5.41) is 0. The van der Waals surface area contributed by atoms with Crippen molar-refractivity contribution < 1.29 is 9.53 Å². The van der Waals surface area contributed by atoms with Crippen LogP contribution >= 0.6 is 0 Å². The summed E-state index contributed by atoms with van der Waals surface area (Å²) in [5.74, 6) is 2.08. The summed E-state index contributed by atoms with van der Waals surface area (Å²) in [6.45, 7) is 2.07. The molecule has 0 radical (unpaired) electrons. The van der Waals surface area contributed by atoms with Crippen LogP contribution in [-0.2, 0) is 9.53 Å². The van der Waals surface area contributed by atoms with Crippen molar-refractivity contribution in [2.24, 2.45) is 23.7 Å². The first-order valence-corrected chi connectivity index (χ1v) is 7.13. The predicted molar refractivity (Wildman–Crippen MR) is 66.4 cm³/mol. The fourth-order valence-corrected chi connectivity index (χ4v) is 3.85. The van der Waals surface area contributed by atoms with Crippen molar-refractivity contribution >= 4 is 5.97 Å². The number of fused-ring (bicyclic) bond motifs is 2. The van der Waals surface area contributed by atoms with Crippen molar-refractivity contribution in [1.29, 1.82) is 0 Å². The Hall–Kier alpha value is -0.790. The smallest absolute Gasteiger partial charge is 0.309 e. The van der Waals surface area contributed by atoms with Crippen molar-refractivity contribution in [1.82, 2.24) is 0 Å². The summed E-state index contributed by atoms with van der Waals surface area (Å²) in [6, 6.07) is 0. The Morgan fingerprint density at radius 1 is 1.24 bits per heavy atom. The van der Waals surface area contributed by atoms with Gasteiger partial charge < -0.3 is 4.74 Å². The lowest BCUT2D eigenvalue weighted by Crippen LogP contribution is -2.28. The van der Waals surface area contributed by atoms with Crippen molar-refractivity contribution in [3.63, 3.8) is 0 Å². The summed E-state index contributed by atoms with van der Waals surface area (Å²) in [5.41, 5.74) is 0. The predicted octanol–water partition coefficient (Wildman–Crippen LogP) is 3.32. The van der Waals surface area contributed by atoms with E-state index in [4.69, 9.17) is 4.74 Å². The van der Waals surface area contributed by atoms with Crippen LogP contribution < -0.4 is 0 Å². The molecule has 0 aromatic carbocycles. The highest BCUT2D eigenvalue weighted by atomic mass is 16.5.